The average molecular weight is 266 g/mol. The highest BCUT2D eigenvalue weighted by molar-refractivity contribution is 5.90. The predicted octanol–water partition coefficient (Wildman–Crippen LogP) is -1.02. The summed E-state index contributed by atoms with van der Waals surface area (Å²) in [7, 11) is 0. The first-order valence-electron chi connectivity index (χ1n) is 5.88. The van der Waals surface area contributed by atoms with E-state index >= 15 is 0 Å². The van der Waals surface area contributed by atoms with Gasteiger partial charge in [0.15, 0.2) is 5.69 Å². The zero-order valence-electron chi connectivity index (χ0n) is 10.1. The van der Waals surface area contributed by atoms with Crippen LogP contribution in [0.2, 0.25) is 0 Å². The number of carboxylic acids is 1. The number of hydrogen-bond acceptors (Lipinski definition) is 4. The highest BCUT2D eigenvalue weighted by atomic mass is 16.4. The molecule has 0 aromatic carbocycles. The van der Waals surface area contributed by atoms with Crippen molar-refractivity contribution in [2.75, 3.05) is 6.54 Å². The van der Waals surface area contributed by atoms with Gasteiger partial charge >= 0.3 is 5.97 Å². The van der Waals surface area contributed by atoms with Crippen LogP contribution in [-0.4, -0.2) is 45.0 Å². The van der Waals surface area contributed by atoms with Crippen molar-refractivity contribution >= 4 is 17.8 Å². The third kappa shape index (κ3) is 3.30. The topological polar surface area (TPSA) is 113 Å². The summed E-state index contributed by atoms with van der Waals surface area (Å²) in [5.74, 6) is -1.42. The average Bonchev–Trinajstić information content (AvgIpc) is 2.98. The fourth-order valence-corrected chi connectivity index (χ4v) is 1.83. The molecular weight excluding hydrogens is 252 g/mol. The number of hydrogen-bond donors (Lipinski definition) is 3. The van der Waals surface area contributed by atoms with Crippen LogP contribution in [0, 0.1) is 0 Å². The summed E-state index contributed by atoms with van der Waals surface area (Å²) in [5, 5.41) is 14.0. The lowest BCUT2D eigenvalue weighted by Gasteiger charge is -2.10. The van der Waals surface area contributed by atoms with Crippen LogP contribution in [0.4, 0.5) is 0 Å². The van der Waals surface area contributed by atoms with E-state index < -0.39 is 12.0 Å². The van der Waals surface area contributed by atoms with Crippen LogP contribution in [-0.2, 0) is 16.1 Å². The first kappa shape index (κ1) is 13.1. The Labute approximate surface area is 108 Å². The Morgan fingerprint density at radius 2 is 2.37 bits per heavy atom. The third-order valence-electron chi connectivity index (χ3n) is 2.83. The van der Waals surface area contributed by atoms with E-state index in [0.29, 0.717) is 25.9 Å². The van der Waals surface area contributed by atoms with Gasteiger partial charge in [-0.2, -0.15) is 0 Å². The first-order chi connectivity index (χ1) is 9.06. The van der Waals surface area contributed by atoms with Gasteiger partial charge < -0.3 is 20.3 Å². The molecular formula is C11H14N4O4. The van der Waals surface area contributed by atoms with Crippen LogP contribution in [0.25, 0.3) is 0 Å². The highest BCUT2D eigenvalue weighted by Gasteiger charge is 2.26. The molecule has 2 amide bonds. The molecule has 2 heterocycles. The van der Waals surface area contributed by atoms with Crippen LogP contribution in [0.5, 0.6) is 0 Å². The lowest BCUT2D eigenvalue weighted by Crippen LogP contribution is -2.42. The number of nitrogens with zero attached hydrogens (tertiary/aromatic N) is 2. The van der Waals surface area contributed by atoms with Gasteiger partial charge in [-0.1, -0.05) is 0 Å². The van der Waals surface area contributed by atoms with E-state index in [4.69, 9.17) is 5.11 Å². The SMILES string of the molecule is O=C1CCC(C(=O)NCCn2cnc(C(=O)O)c2)N1. The largest absolute Gasteiger partial charge is 0.476 e. The Morgan fingerprint density at radius 3 is 2.95 bits per heavy atom. The standard InChI is InChI=1S/C11H14N4O4/c16-9-2-1-7(14-9)10(17)12-3-4-15-5-8(11(18)19)13-6-15/h5-7H,1-4H2,(H,12,17)(H,14,16)(H,18,19). The molecule has 1 aliphatic rings. The minimum absolute atomic E-state index is 0.0330. The van der Waals surface area contributed by atoms with E-state index in [2.05, 4.69) is 15.6 Å². The molecule has 0 aliphatic carbocycles. The second kappa shape index (κ2) is 5.51. The summed E-state index contributed by atoms with van der Waals surface area (Å²) in [6, 6.07) is -0.454. The zero-order chi connectivity index (χ0) is 13.8. The Hall–Kier alpha value is -2.38. The maximum atomic E-state index is 11.6. The van der Waals surface area contributed by atoms with Gasteiger partial charge in [0, 0.05) is 25.7 Å². The number of amides is 2. The van der Waals surface area contributed by atoms with Crippen LogP contribution < -0.4 is 10.6 Å². The van der Waals surface area contributed by atoms with Gasteiger partial charge in [0.1, 0.15) is 6.04 Å². The number of aromatic nitrogens is 2. The fraction of sp³-hybridized carbons (Fsp3) is 0.455. The number of imidazole rings is 1. The molecule has 19 heavy (non-hydrogen) atoms. The minimum atomic E-state index is -1.09. The Morgan fingerprint density at radius 1 is 1.58 bits per heavy atom. The molecule has 0 spiro atoms. The lowest BCUT2D eigenvalue weighted by molar-refractivity contribution is -0.125. The van der Waals surface area contributed by atoms with Crippen molar-refractivity contribution in [1.29, 1.82) is 0 Å². The number of aromatic carboxylic acids is 1. The summed E-state index contributed by atoms with van der Waals surface area (Å²) < 4.78 is 1.58. The van der Waals surface area contributed by atoms with E-state index in [9.17, 15) is 14.4 Å². The third-order valence-corrected chi connectivity index (χ3v) is 2.83. The maximum absolute atomic E-state index is 11.6. The number of nitrogens with one attached hydrogen (secondary N) is 2. The van der Waals surface area contributed by atoms with Crippen molar-refractivity contribution in [3.05, 3.63) is 18.2 Å². The quantitative estimate of drug-likeness (QED) is 0.631. The molecule has 3 N–H and O–H groups in total. The molecule has 0 bridgehead atoms. The number of rotatable bonds is 5. The molecule has 102 valence electrons. The molecule has 0 saturated carbocycles. The number of carboxylic acid groups (broad SMARTS) is 1. The monoisotopic (exact) mass is 266 g/mol. The molecule has 2 rings (SSSR count). The van der Waals surface area contributed by atoms with Gasteiger partial charge in [0.05, 0.1) is 6.33 Å². The second-order valence-electron chi connectivity index (χ2n) is 4.25. The van der Waals surface area contributed by atoms with E-state index in [-0.39, 0.29) is 17.5 Å². The summed E-state index contributed by atoms with van der Waals surface area (Å²) in [6.45, 7) is 0.771. The van der Waals surface area contributed by atoms with Gasteiger partial charge in [-0.15, -0.1) is 0 Å². The maximum Gasteiger partial charge on any atom is 0.356 e. The molecule has 0 radical (unpaired) electrons. The Balaban J connectivity index is 1.75. The highest BCUT2D eigenvalue weighted by Crippen LogP contribution is 2.06. The Kier molecular flexibility index (Phi) is 3.79. The van der Waals surface area contributed by atoms with E-state index in [1.54, 1.807) is 4.57 Å². The van der Waals surface area contributed by atoms with E-state index in [1.807, 2.05) is 0 Å². The molecule has 1 fully saturated rings. The second-order valence-corrected chi connectivity index (χ2v) is 4.25. The molecule has 1 aromatic rings. The van der Waals surface area contributed by atoms with Crippen LogP contribution in [0.3, 0.4) is 0 Å². The molecule has 8 nitrogen and oxygen atoms in total. The number of carbonyl (C=O) groups is 3. The van der Waals surface area contributed by atoms with Crippen molar-refractivity contribution < 1.29 is 19.5 Å². The molecule has 8 heteroatoms. The van der Waals surface area contributed by atoms with Crippen molar-refractivity contribution in [3.8, 4) is 0 Å². The first-order valence-corrected chi connectivity index (χ1v) is 5.88. The van der Waals surface area contributed by atoms with Gasteiger partial charge in [-0.05, 0) is 6.42 Å². The van der Waals surface area contributed by atoms with Crippen molar-refractivity contribution in [1.82, 2.24) is 20.2 Å². The molecule has 1 unspecified atom stereocenters. The van der Waals surface area contributed by atoms with Gasteiger partial charge in [0.25, 0.3) is 0 Å². The summed E-state index contributed by atoms with van der Waals surface area (Å²) in [4.78, 5) is 36.9. The summed E-state index contributed by atoms with van der Waals surface area (Å²) in [6.07, 6.45) is 3.68. The van der Waals surface area contributed by atoms with Crippen LogP contribution in [0.15, 0.2) is 12.5 Å². The normalized spacial score (nSPS) is 18.1. The van der Waals surface area contributed by atoms with Crippen LogP contribution >= 0.6 is 0 Å². The van der Waals surface area contributed by atoms with Crippen LogP contribution in [0.1, 0.15) is 23.3 Å². The summed E-state index contributed by atoms with van der Waals surface area (Å²) in [5.41, 5.74) is -0.0330. The molecule has 1 aliphatic heterocycles. The van der Waals surface area contributed by atoms with Crippen molar-refractivity contribution in [2.45, 2.75) is 25.4 Å². The molecule has 1 aromatic heterocycles. The molecule has 1 atom stereocenters. The lowest BCUT2D eigenvalue weighted by atomic mass is 10.2. The van der Waals surface area contributed by atoms with Crippen molar-refractivity contribution in [2.24, 2.45) is 0 Å². The zero-order valence-corrected chi connectivity index (χ0v) is 10.1. The van der Waals surface area contributed by atoms with Gasteiger partial charge in [-0.25, -0.2) is 9.78 Å². The fourth-order valence-electron chi connectivity index (χ4n) is 1.83. The van der Waals surface area contributed by atoms with Crippen molar-refractivity contribution in [3.63, 3.8) is 0 Å². The van der Waals surface area contributed by atoms with Gasteiger partial charge in [-0.3, -0.25) is 9.59 Å². The van der Waals surface area contributed by atoms with Gasteiger partial charge in [0.2, 0.25) is 11.8 Å². The molecule has 1 saturated heterocycles. The van der Waals surface area contributed by atoms with E-state index in [1.165, 1.54) is 12.5 Å². The smallest absolute Gasteiger partial charge is 0.356 e. The Bertz CT molecular complexity index is 511. The minimum Gasteiger partial charge on any atom is -0.476 e. The summed E-state index contributed by atoms with van der Waals surface area (Å²) >= 11 is 0. The number of carbonyl (C=O) groups excluding carboxylic acids is 2. The predicted molar refractivity (Wildman–Crippen MR) is 63.4 cm³/mol. The van der Waals surface area contributed by atoms with E-state index in [0.717, 1.165) is 0 Å².